The zero-order valence-corrected chi connectivity index (χ0v) is 17.2. The highest BCUT2D eigenvalue weighted by Crippen LogP contribution is 2.29. The van der Waals surface area contributed by atoms with Gasteiger partial charge in [0.2, 0.25) is 5.95 Å². The molecular formula is C22H24N4O3. The molecule has 7 nitrogen and oxygen atoms in total. The van der Waals surface area contributed by atoms with Crippen molar-refractivity contribution in [3.05, 3.63) is 65.0 Å². The lowest BCUT2D eigenvalue weighted by atomic mass is 10.1. The fourth-order valence-electron chi connectivity index (χ4n) is 2.85. The van der Waals surface area contributed by atoms with E-state index < -0.39 is 0 Å². The van der Waals surface area contributed by atoms with Crippen molar-refractivity contribution in [3.63, 3.8) is 0 Å². The molecule has 7 heteroatoms. The van der Waals surface area contributed by atoms with E-state index in [1.807, 2.05) is 39.0 Å². The van der Waals surface area contributed by atoms with E-state index in [0.29, 0.717) is 28.8 Å². The van der Waals surface area contributed by atoms with Crippen LogP contribution in [0, 0.1) is 20.8 Å². The molecule has 0 bridgehead atoms. The molecule has 0 radical (unpaired) electrons. The van der Waals surface area contributed by atoms with Gasteiger partial charge in [-0.15, -0.1) is 0 Å². The molecule has 1 heterocycles. The van der Waals surface area contributed by atoms with Gasteiger partial charge in [-0.25, -0.2) is 9.97 Å². The SMILES string of the molecule is COc1ccc(OC)c(NC(=O)c2cc(C)nc(Nc3cccc(C)c3C)n2)c1. The molecule has 29 heavy (non-hydrogen) atoms. The maximum atomic E-state index is 12.8. The van der Waals surface area contributed by atoms with Crippen molar-refractivity contribution in [3.8, 4) is 11.5 Å². The molecule has 0 spiro atoms. The lowest BCUT2D eigenvalue weighted by Crippen LogP contribution is -2.16. The van der Waals surface area contributed by atoms with Crippen LogP contribution in [0.25, 0.3) is 0 Å². The Morgan fingerprint density at radius 3 is 2.45 bits per heavy atom. The number of methoxy groups -OCH3 is 2. The number of ether oxygens (including phenoxy) is 2. The van der Waals surface area contributed by atoms with Crippen LogP contribution in [-0.4, -0.2) is 30.1 Å². The minimum Gasteiger partial charge on any atom is -0.497 e. The van der Waals surface area contributed by atoms with Crippen molar-refractivity contribution in [2.45, 2.75) is 20.8 Å². The number of amides is 1. The van der Waals surface area contributed by atoms with E-state index in [0.717, 1.165) is 16.8 Å². The lowest BCUT2D eigenvalue weighted by Gasteiger charge is -2.13. The minimum absolute atomic E-state index is 0.246. The Kier molecular flexibility index (Phi) is 5.97. The second kappa shape index (κ2) is 8.60. The van der Waals surface area contributed by atoms with Crippen LogP contribution in [0.15, 0.2) is 42.5 Å². The summed E-state index contributed by atoms with van der Waals surface area (Å²) in [5, 5.41) is 6.04. The van der Waals surface area contributed by atoms with Crippen LogP contribution >= 0.6 is 0 Å². The summed E-state index contributed by atoms with van der Waals surface area (Å²) in [7, 11) is 3.10. The predicted molar refractivity (Wildman–Crippen MR) is 113 cm³/mol. The Hall–Kier alpha value is -3.61. The van der Waals surface area contributed by atoms with Crippen LogP contribution in [0.5, 0.6) is 11.5 Å². The molecule has 2 N–H and O–H groups in total. The predicted octanol–water partition coefficient (Wildman–Crippen LogP) is 4.41. The zero-order chi connectivity index (χ0) is 21.0. The summed E-state index contributed by atoms with van der Waals surface area (Å²) in [4.78, 5) is 21.6. The number of hydrogen-bond donors (Lipinski definition) is 2. The molecule has 1 aromatic heterocycles. The van der Waals surface area contributed by atoms with Crippen molar-refractivity contribution in [1.29, 1.82) is 0 Å². The van der Waals surface area contributed by atoms with E-state index >= 15 is 0 Å². The van der Waals surface area contributed by atoms with Crippen molar-refractivity contribution in [2.75, 3.05) is 24.9 Å². The van der Waals surface area contributed by atoms with Gasteiger partial charge in [-0.2, -0.15) is 0 Å². The number of aryl methyl sites for hydroxylation is 2. The lowest BCUT2D eigenvalue weighted by molar-refractivity contribution is 0.102. The van der Waals surface area contributed by atoms with Crippen LogP contribution in [0.3, 0.4) is 0 Å². The summed E-state index contributed by atoms with van der Waals surface area (Å²) in [6.07, 6.45) is 0. The van der Waals surface area contributed by atoms with Crippen LogP contribution in [0.1, 0.15) is 27.3 Å². The molecule has 0 saturated heterocycles. The third-order valence-electron chi connectivity index (χ3n) is 4.59. The first-order valence-corrected chi connectivity index (χ1v) is 9.13. The maximum absolute atomic E-state index is 12.8. The molecule has 0 unspecified atom stereocenters. The Balaban J connectivity index is 1.88. The summed E-state index contributed by atoms with van der Waals surface area (Å²) in [5.74, 6) is 1.13. The molecule has 0 atom stereocenters. The van der Waals surface area contributed by atoms with Gasteiger partial charge in [0.05, 0.1) is 19.9 Å². The first-order chi connectivity index (χ1) is 13.9. The first kappa shape index (κ1) is 20.1. The Labute approximate surface area is 170 Å². The Morgan fingerprint density at radius 2 is 1.72 bits per heavy atom. The summed E-state index contributed by atoms with van der Waals surface area (Å²) in [6.45, 7) is 5.88. The number of hydrogen-bond acceptors (Lipinski definition) is 6. The molecule has 0 aliphatic heterocycles. The van der Waals surface area contributed by atoms with Gasteiger partial charge in [-0.05, 0) is 56.2 Å². The average Bonchev–Trinajstić information content (AvgIpc) is 2.71. The van der Waals surface area contributed by atoms with Crippen LogP contribution in [-0.2, 0) is 0 Å². The van der Waals surface area contributed by atoms with Crippen LogP contribution in [0.4, 0.5) is 17.3 Å². The third-order valence-corrected chi connectivity index (χ3v) is 4.59. The van der Waals surface area contributed by atoms with E-state index in [-0.39, 0.29) is 11.6 Å². The first-order valence-electron chi connectivity index (χ1n) is 9.13. The number of benzene rings is 2. The molecule has 0 fully saturated rings. The molecular weight excluding hydrogens is 368 g/mol. The van der Waals surface area contributed by atoms with Gasteiger partial charge in [0.1, 0.15) is 17.2 Å². The van der Waals surface area contributed by atoms with Gasteiger partial charge in [0, 0.05) is 17.4 Å². The maximum Gasteiger partial charge on any atom is 0.274 e. The fraction of sp³-hybridized carbons (Fsp3) is 0.227. The monoisotopic (exact) mass is 392 g/mol. The van der Waals surface area contributed by atoms with Crippen LogP contribution in [0.2, 0.25) is 0 Å². The largest absolute Gasteiger partial charge is 0.497 e. The number of carbonyl (C=O) groups is 1. The molecule has 2 aromatic carbocycles. The average molecular weight is 392 g/mol. The molecule has 0 saturated carbocycles. The quantitative estimate of drug-likeness (QED) is 0.646. The van der Waals surface area contributed by atoms with E-state index in [2.05, 4.69) is 20.6 Å². The molecule has 150 valence electrons. The van der Waals surface area contributed by atoms with E-state index in [9.17, 15) is 4.79 Å². The summed E-state index contributed by atoms with van der Waals surface area (Å²) < 4.78 is 10.5. The smallest absolute Gasteiger partial charge is 0.274 e. The van der Waals surface area contributed by atoms with Gasteiger partial charge in [0.15, 0.2) is 0 Å². The normalized spacial score (nSPS) is 10.4. The minimum atomic E-state index is -0.369. The van der Waals surface area contributed by atoms with E-state index in [4.69, 9.17) is 9.47 Å². The molecule has 0 aliphatic rings. The highest BCUT2D eigenvalue weighted by atomic mass is 16.5. The number of nitrogens with zero attached hydrogens (tertiary/aromatic N) is 2. The standard InChI is InChI=1S/C22H24N4O3/c1-13-7-6-8-17(15(13)3)25-22-23-14(2)11-19(26-22)21(27)24-18-12-16(28-4)9-10-20(18)29-5/h6-12H,1-5H3,(H,24,27)(H,23,25,26). The zero-order valence-electron chi connectivity index (χ0n) is 17.2. The number of rotatable bonds is 6. The van der Waals surface area contributed by atoms with Crippen molar-refractivity contribution < 1.29 is 14.3 Å². The van der Waals surface area contributed by atoms with Gasteiger partial charge in [-0.3, -0.25) is 4.79 Å². The molecule has 3 aromatic rings. The van der Waals surface area contributed by atoms with Gasteiger partial charge in [0.25, 0.3) is 5.91 Å². The Morgan fingerprint density at radius 1 is 0.931 bits per heavy atom. The summed E-state index contributed by atoms with van der Waals surface area (Å²) in [5.41, 5.74) is 4.58. The highest BCUT2D eigenvalue weighted by Gasteiger charge is 2.15. The van der Waals surface area contributed by atoms with Crippen molar-refractivity contribution >= 4 is 23.2 Å². The molecule has 1 amide bonds. The topological polar surface area (TPSA) is 85.4 Å². The highest BCUT2D eigenvalue weighted by molar-refractivity contribution is 6.04. The number of aromatic nitrogens is 2. The van der Waals surface area contributed by atoms with Gasteiger partial charge >= 0.3 is 0 Å². The number of nitrogens with one attached hydrogen (secondary N) is 2. The van der Waals surface area contributed by atoms with Gasteiger partial charge in [-0.1, -0.05) is 12.1 Å². The van der Waals surface area contributed by atoms with E-state index in [1.165, 1.54) is 0 Å². The Bertz CT molecular complexity index is 1050. The van der Waals surface area contributed by atoms with Crippen molar-refractivity contribution in [2.24, 2.45) is 0 Å². The van der Waals surface area contributed by atoms with Crippen molar-refractivity contribution in [1.82, 2.24) is 9.97 Å². The van der Waals surface area contributed by atoms with E-state index in [1.54, 1.807) is 38.5 Å². The summed E-state index contributed by atoms with van der Waals surface area (Å²) in [6, 6.07) is 12.8. The molecule has 3 rings (SSSR count). The van der Waals surface area contributed by atoms with Crippen LogP contribution < -0.4 is 20.1 Å². The second-order valence-electron chi connectivity index (χ2n) is 6.61. The van der Waals surface area contributed by atoms with Gasteiger partial charge < -0.3 is 20.1 Å². The molecule has 0 aliphatic carbocycles. The second-order valence-corrected chi connectivity index (χ2v) is 6.61. The fourth-order valence-corrected chi connectivity index (χ4v) is 2.85. The summed E-state index contributed by atoms with van der Waals surface area (Å²) >= 11 is 0. The number of carbonyl (C=O) groups excluding carboxylic acids is 1. The number of anilines is 3. The third kappa shape index (κ3) is 4.63.